The van der Waals surface area contributed by atoms with Crippen LogP contribution in [0.1, 0.15) is 29.9 Å². The highest BCUT2D eigenvalue weighted by atomic mass is 79.9. The van der Waals surface area contributed by atoms with Gasteiger partial charge in [-0.05, 0) is 70.9 Å². The Kier molecular flexibility index (Phi) is 6.31. The molecule has 8 heteroatoms. The zero-order chi connectivity index (χ0) is 27.6. The molecule has 0 spiro atoms. The van der Waals surface area contributed by atoms with Gasteiger partial charge < -0.3 is 5.11 Å². The van der Waals surface area contributed by atoms with Crippen molar-refractivity contribution in [2.45, 2.75) is 25.2 Å². The molecule has 1 saturated heterocycles. The van der Waals surface area contributed by atoms with E-state index in [-0.39, 0.29) is 40.0 Å². The van der Waals surface area contributed by atoms with Gasteiger partial charge in [0, 0.05) is 33.7 Å². The number of phenols is 1. The molecular formula is C31H23BrClNO5. The van der Waals surface area contributed by atoms with Crippen LogP contribution in [-0.4, -0.2) is 28.5 Å². The summed E-state index contributed by atoms with van der Waals surface area (Å²) in [5.74, 6) is -3.71. The number of halogens is 2. The van der Waals surface area contributed by atoms with Crippen LogP contribution >= 0.6 is 27.5 Å². The third-order valence-electron chi connectivity index (χ3n) is 8.24. The lowest BCUT2D eigenvalue weighted by molar-refractivity contribution is -0.123. The van der Waals surface area contributed by atoms with Gasteiger partial charge in [-0.2, -0.15) is 0 Å². The molecule has 6 rings (SSSR count). The Bertz CT molecular complexity index is 1580. The van der Waals surface area contributed by atoms with Gasteiger partial charge in [-0.25, -0.2) is 0 Å². The number of carbonyl (C=O) groups excluding carboxylic acids is 4. The molecule has 196 valence electrons. The molecule has 3 aliphatic carbocycles. The summed E-state index contributed by atoms with van der Waals surface area (Å²) in [6.45, 7) is 3.76. The van der Waals surface area contributed by atoms with E-state index in [1.165, 1.54) is 11.0 Å². The molecule has 1 aliphatic heterocycles. The van der Waals surface area contributed by atoms with E-state index in [1.54, 1.807) is 48.5 Å². The third-order valence-corrected chi connectivity index (χ3v) is 9.08. The number of hydrogen-bond donors (Lipinski definition) is 1. The summed E-state index contributed by atoms with van der Waals surface area (Å²) in [5.41, 5.74) is 3.01. The molecule has 0 radical (unpaired) electrons. The Morgan fingerprint density at radius 1 is 1.05 bits per heavy atom. The van der Waals surface area contributed by atoms with E-state index < -0.39 is 23.7 Å². The molecule has 2 amide bonds. The van der Waals surface area contributed by atoms with Crippen LogP contribution in [0.5, 0.6) is 5.75 Å². The lowest BCUT2D eigenvalue weighted by Gasteiger charge is -2.42. The SMILES string of the molecule is C=CCc1cccc([C@H]2C3=CC[C@@H]4C(=O)N(c5ccc(Cl)cc5)C(=O)[C@@H]4[C@@H]3CC3=C2C(=O)C=C(Br)C3=O)c1O. The summed E-state index contributed by atoms with van der Waals surface area (Å²) in [7, 11) is 0. The summed E-state index contributed by atoms with van der Waals surface area (Å²) >= 11 is 9.26. The van der Waals surface area contributed by atoms with Crippen molar-refractivity contribution in [2.75, 3.05) is 4.90 Å². The summed E-state index contributed by atoms with van der Waals surface area (Å²) < 4.78 is 0.158. The van der Waals surface area contributed by atoms with E-state index >= 15 is 0 Å². The maximum atomic E-state index is 13.9. The Morgan fingerprint density at radius 3 is 2.51 bits per heavy atom. The first-order chi connectivity index (χ1) is 18.7. The Hall–Kier alpha value is -3.55. The van der Waals surface area contributed by atoms with E-state index in [4.69, 9.17) is 11.6 Å². The Balaban J connectivity index is 1.50. The van der Waals surface area contributed by atoms with Gasteiger partial charge in [0.15, 0.2) is 11.6 Å². The fourth-order valence-electron chi connectivity index (χ4n) is 6.57. The zero-order valence-electron chi connectivity index (χ0n) is 20.7. The minimum atomic E-state index is -0.717. The minimum Gasteiger partial charge on any atom is -0.507 e. The summed E-state index contributed by atoms with van der Waals surface area (Å²) in [6.07, 6.45) is 5.79. The number of aromatic hydroxyl groups is 1. The smallest absolute Gasteiger partial charge is 0.238 e. The van der Waals surface area contributed by atoms with Gasteiger partial charge in [-0.15, -0.1) is 6.58 Å². The largest absolute Gasteiger partial charge is 0.507 e. The number of nitrogens with zero attached hydrogens (tertiary/aromatic N) is 1. The van der Waals surface area contributed by atoms with Crippen molar-refractivity contribution in [2.24, 2.45) is 17.8 Å². The predicted octanol–water partition coefficient (Wildman–Crippen LogP) is 5.74. The normalized spacial score (nSPS) is 26.2. The van der Waals surface area contributed by atoms with E-state index in [0.717, 1.165) is 5.57 Å². The number of rotatable bonds is 4. The minimum absolute atomic E-state index is 0.0309. The number of para-hydroxylation sites is 1. The van der Waals surface area contributed by atoms with Crippen molar-refractivity contribution >= 4 is 56.6 Å². The fraction of sp³-hybridized carbons (Fsp3) is 0.226. The highest BCUT2D eigenvalue weighted by Gasteiger charge is 2.56. The lowest BCUT2D eigenvalue weighted by Crippen LogP contribution is -2.39. The number of hydrogen-bond acceptors (Lipinski definition) is 5. The molecule has 0 unspecified atom stereocenters. The molecule has 1 N–H and O–H groups in total. The molecule has 0 saturated carbocycles. The molecule has 6 nitrogen and oxygen atoms in total. The number of fused-ring (bicyclic) bond motifs is 3. The van der Waals surface area contributed by atoms with Gasteiger partial charge in [-0.1, -0.05) is 47.5 Å². The molecule has 4 atom stereocenters. The summed E-state index contributed by atoms with van der Waals surface area (Å²) in [4.78, 5) is 55.4. The predicted molar refractivity (Wildman–Crippen MR) is 151 cm³/mol. The van der Waals surface area contributed by atoms with Crippen LogP contribution in [0.25, 0.3) is 0 Å². The molecule has 0 aromatic heterocycles. The van der Waals surface area contributed by atoms with Gasteiger partial charge in [-0.3, -0.25) is 24.1 Å². The number of imide groups is 1. The van der Waals surface area contributed by atoms with Crippen molar-refractivity contribution in [3.63, 3.8) is 0 Å². The first-order valence-electron chi connectivity index (χ1n) is 12.7. The zero-order valence-corrected chi connectivity index (χ0v) is 23.0. The maximum Gasteiger partial charge on any atom is 0.238 e. The van der Waals surface area contributed by atoms with Crippen LogP contribution in [0, 0.1) is 17.8 Å². The number of ketones is 2. The van der Waals surface area contributed by atoms with Crippen LogP contribution in [0.2, 0.25) is 5.02 Å². The van der Waals surface area contributed by atoms with Crippen molar-refractivity contribution in [1.29, 1.82) is 0 Å². The number of allylic oxidation sites excluding steroid dienone is 7. The number of anilines is 1. The van der Waals surface area contributed by atoms with Crippen molar-refractivity contribution in [3.05, 3.63) is 105 Å². The van der Waals surface area contributed by atoms with Crippen LogP contribution in [0.3, 0.4) is 0 Å². The second kappa shape index (κ2) is 9.57. The molecule has 39 heavy (non-hydrogen) atoms. The van der Waals surface area contributed by atoms with E-state index in [1.807, 2.05) is 6.08 Å². The number of benzene rings is 2. The molecular weight excluding hydrogens is 582 g/mol. The number of phenolic OH excluding ortho intramolecular Hbond substituents is 1. The highest BCUT2D eigenvalue weighted by molar-refractivity contribution is 9.12. The number of Topliss-reactive ketones (excluding diaryl/α,β-unsaturated/α-hetero) is 1. The number of amides is 2. The van der Waals surface area contributed by atoms with Crippen molar-refractivity contribution in [3.8, 4) is 5.75 Å². The second-order valence-corrected chi connectivity index (χ2v) is 11.5. The van der Waals surface area contributed by atoms with E-state index in [2.05, 4.69) is 22.5 Å². The van der Waals surface area contributed by atoms with E-state index in [0.29, 0.717) is 45.8 Å². The maximum absolute atomic E-state index is 13.9. The first kappa shape index (κ1) is 25.7. The molecule has 1 fully saturated rings. The lowest BCUT2D eigenvalue weighted by atomic mass is 9.59. The standard InChI is InChI=1S/C31H23BrClNO5/c1-2-4-15-5-3-6-19(28(15)36)25-18-11-12-20-26(21(18)13-22-27(25)24(35)14-23(32)29(22)37)31(39)34(30(20)38)17-9-7-16(33)8-10-17/h2-3,5-11,14,20-21,25-26,36H,1,4,12-13H2/t20-,21+,25+,26-/m0/s1. The van der Waals surface area contributed by atoms with Gasteiger partial charge >= 0.3 is 0 Å². The van der Waals surface area contributed by atoms with Crippen LogP contribution < -0.4 is 4.90 Å². The quantitative estimate of drug-likeness (QED) is 0.273. The highest BCUT2D eigenvalue weighted by Crippen LogP contribution is 2.56. The van der Waals surface area contributed by atoms with Crippen LogP contribution in [0.15, 0.2) is 88.5 Å². The third kappa shape index (κ3) is 3.90. The van der Waals surface area contributed by atoms with Gasteiger partial charge in [0.25, 0.3) is 0 Å². The molecule has 4 aliphatic rings. The fourth-order valence-corrected chi connectivity index (χ4v) is 7.14. The monoisotopic (exact) mass is 603 g/mol. The van der Waals surface area contributed by atoms with Gasteiger partial charge in [0.05, 0.1) is 22.0 Å². The molecule has 2 aromatic carbocycles. The Morgan fingerprint density at radius 2 is 1.79 bits per heavy atom. The van der Waals surface area contributed by atoms with E-state index in [9.17, 15) is 24.3 Å². The average Bonchev–Trinajstić information content (AvgIpc) is 3.18. The van der Waals surface area contributed by atoms with Crippen LogP contribution in [0.4, 0.5) is 5.69 Å². The van der Waals surface area contributed by atoms with Gasteiger partial charge in [0.1, 0.15) is 5.75 Å². The number of carbonyl (C=O) groups is 4. The topological polar surface area (TPSA) is 91.8 Å². The molecule has 1 heterocycles. The second-order valence-electron chi connectivity index (χ2n) is 10.2. The van der Waals surface area contributed by atoms with Crippen molar-refractivity contribution in [1.82, 2.24) is 0 Å². The first-order valence-corrected chi connectivity index (χ1v) is 13.8. The molecule has 2 aromatic rings. The average molecular weight is 605 g/mol. The molecule has 0 bridgehead atoms. The summed E-state index contributed by atoms with van der Waals surface area (Å²) in [5, 5.41) is 11.8. The Labute approximate surface area is 238 Å². The van der Waals surface area contributed by atoms with Gasteiger partial charge in [0.2, 0.25) is 11.8 Å². The van der Waals surface area contributed by atoms with Crippen LogP contribution in [-0.2, 0) is 25.6 Å². The van der Waals surface area contributed by atoms with Crippen molar-refractivity contribution < 1.29 is 24.3 Å². The summed E-state index contributed by atoms with van der Waals surface area (Å²) in [6, 6.07) is 11.9.